The number of hydrogen-bond acceptors (Lipinski definition) is 4. The fourth-order valence-corrected chi connectivity index (χ4v) is 1.96. The quantitative estimate of drug-likeness (QED) is 0.800. The molecular formula is C17H19N3O3. The zero-order valence-corrected chi connectivity index (χ0v) is 13.1. The highest BCUT2D eigenvalue weighted by Crippen LogP contribution is 2.14. The van der Waals surface area contributed by atoms with Crippen LogP contribution in [0, 0.1) is 6.92 Å². The molecule has 6 nitrogen and oxygen atoms in total. The summed E-state index contributed by atoms with van der Waals surface area (Å²) in [6.45, 7) is 2.71. The maximum absolute atomic E-state index is 12.3. The molecule has 2 N–H and O–H groups in total. The Morgan fingerprint density at radius 2 is 1.96 bits per heavy atom. The van der Waals surface area contributed by atoms with Crippen molar-refractivity contribution in [1.82, 2.24) is 10.3 Å². The van der Waals surface area contributed by atoms with Crippen LogP contribution in [0.2, 0.25) is 0 Å². The third kappa shape index (κ3) is 4.62. The van der Waals surface area contributed by atoms with E-state index in [1.165, 1.54) is 12.3 Å². The van der Waals surface area contributed by atoms with E-state index in [0.717, 1.165) is 11.3 Å². The molecule has 0 atom stereocenters. The Labute approximate surface area is 134 Å². The van der Waals surface area contributed by atoms with Gasteiger partial charge in [-0.1, -0.05) is 18.2 Å². The maximum Gasteiger partial charge on any atom is 0.269 e. The van der Waals surface area contributed by atoms with Crippen molar-refractivity contribution in [3.8, 4) is 0 Å². The Morgan fingerprint density at radius 3 is 2.70 bits per heavy atom. The number of hydrogen-bond donors (Lipinski definition) is 2. The van der Waals surface area contributed by atoms with Gasteiger partial charge in [0.1, 0.15) is 5.69 Å². The van der Waals surface area contributed by atoms with Gasteiger partial charge in [-0.15, -0.1) is 0 Å². The van der Waals surface area contributed by atoms with Gasteiger partial charge in [0.05, 0.1) is 6.61 Å². The first-order valence-electron chi connectivity index (χ1n) is 7.22. The number of rotatable bonds is 6. The first-order chi connectivity index (χ1) is 11.1. The molecule has 1 aromatic carbocycles. The first kappa shape index (κ1) is 16.6. The Kier molecular flexibility index (Phi) is 5.82. The van der Waals surface area contributed by atoms with Gasteiger partial charge in [0.2, 0.25) is 0 Å². The van der Waals surface area contributed by atoms with Crippen LogP contribution in [0.15, 0.2) is 42.6 Å². The van der Waals surface area contributed by atoms with Crippen LogP contribution in [0.3, 0.4) is 0 Å². The van der Waals surface area contributed by atoms with Crippen molar-refractivity contribution in [2.45, 2.75) is 6.92 Å². The Hall–Kier alpha value is -2.73. The number of methoxy groups -OCH3 is 1. The average molecular weight is 313 g/mol. The smallest absolute Gasteiger partial charge is 0.269 e. The lowest BCUT2D eigenvalue weighted by molar-refractivity contribution is 0.0932. The molecule has 23 heavy (non-hydrogen) atoms. The summed E-state index contributed by atoms with van der Waals surface area (Å²) in [6.07, 6.45) is 1.44. The van der Waals surface area contributed by atoms with E-state index in [1.54, 1.807) is 13.2 Å². The van der Waals surface area contributed by atoms with Crippen molar-refractivity contribution >= 4 is 17.5 Å². The number of carbonyl (C=O) groups is 2. The summed E-state index contributed by atoms with van der Waals surface area (Å²) >= 11 is 0. The molecule has 0 saturated carbocycles. The molecule has 0 saturated heterocycles. The van der Waals surface area contributed by atoms with Crippen LogP contribution >= 0.6 is 0 Å². The minimum absolute atomic E-state index is 0.193. The molecule has 1 aromatic heterocycles. The molecule has 0 spiro atoms. The molecule has 6 heteroatoms. The summed E-state index contributed by atoms with van der Waals surface area (Å²) in [5, 5.41) is 5.49. The topological polar surface area (TPSA) is 80.3 Å². The molecule has 0 aliphatic carbocycles. The fraction of sp³-hybridized carbons (Fsp3) is 0.235. The molecule has 1 heterocycles. The number of anilines is 1. The normalized spacial score (nSPS) is 10.2. The van der Waals surface area contributed by atoms with E-state index in [4.69, 9.17) is 4.74 Å². The summed E-state index contributed by atoms with van der Waals surface area (Å²) in [6, 6.07) is 10.5. The summed E-state index contributed by atoms with van der Waals surface area (Å²) in [4.78, 5) is 28.2. The lowest BCUT2D eigenvalue weighted by Crippen LogP contribution is -2.28. The van der Waals surface area contributed by atoms with Crippen LogP contribution in [0.1, 0.15) is 26.4 Å². The van der Waals surface area contributed by atoms with E-state index < -0.39 is 0 Å². The monoisotopic (exact) mass is 313 g/mol. The molecule has 2 aromatic rings. The number of benzene rings is 1. The van der Waals surface area contributed by atoms with Gasteiger partial charge in [0.15, 0.2) is 0 Å². The number of pyridine rings is 1. The molecular weight excluding hydrogens is 294 g/mol. The lowest BCUT2D eigenvalue weighted by atomic mass is 10.1. The Bertz CT molecular complexity index is 701. The number of nitrogens with zero attached hydrogens (tertiary/aromatic N) is 1. The van der Waals surface area contributed by atoms with E-state index in [9.17, 15) is 9.59 Å². The first-order valence-corrected chi connectivity index (χ1v) is 7.22. The molecule has 0 fully saturated rings. The van der Waals surface area contributed by atoms with Crippen molar-refractivity contribution in [2.75, 3.05) is 25.6 Å². The highest BCUT2D eigenvalue weighted by molar-refractivity contribution is 6.06. The highest BCUT2D eigenvalue weighted by Gasteiger charge is 2.12. The number of amides is 2. The molecule has 0 aliphatic rings. The molecule has 0 radical (unpaired) electrons. The summed E-state index contributed by atoms with van der Waals surface area (Å²) in [5.74, 6) is -0.625. The van der Waals surface area contributed by atoms with Crippen LogP contribution in [-0.4, -0.2) is 37.1 Å². The largest absolute Gasteiger partial charge is 0.383 e. The number of aryl methyl sites for hydroxylation is 1. The average Bonchev–Trinajstić information content (AvgIpc) is 2.57. The van der Waals surface area contributed by atoms with Gasteiger partial charge >= 0.3 is 0 Å². The third-order valence-electron chi connectivity index (χ3n) is 3.24. The van der Waals surface area contributed by atoms with Crippen LogP contribution in [0.4, 0.5) is 5.69 Å². The van der Waals surface area contributed by atoms with Crippen molar-refractivity contribution in [2.24, 2.45) is 0 Å². The number of para-hydroxylation sites is 1. The molecule has 0 unspecified atom stereocenters. The maximum atomic E-state index is 12.3. The third-order valence-corrected chi connectivity index (χ3v) is 3.24. The minimum Gasteiger partial charge on any atom is -0.383 e. The molecule has 120 valence electrons. The second-order valence-corrected chi connectivity index (χ2v) is 4.95. The van der Waals surface area contributed by atoms with Gasteiger partial charge in [0, 0.05) is 31.1 Å². The zero-order valence-electron chi connectivity index (χ0n) is 13.1. The highest BCUT2D eigenvalue weighted by atomic mass is 16.5. The predicted molar refractivity (Wildman–Crippen MR) is 87.6 cm³/mol. The van der Waals surface area contributed by atoms with Gasteiger partial charge in [-0.3, -0.25) is 14.6 Å². The van der Waals surface area contributed by atoms with E-state index in [-0.39, 0.29) is 17.5 Å². The van der Waals surface area contributed by atoms with Crippen molar-refractivity contribution in [3.05, 3.63) is 59.4 Å². The van der Waals surface area contributed by atoms with Gasteiger partial charge < -0.3 is 15.4 Å². The van der Waals surface area contributed by atoms with E-state index in [0.29, 0.717) is 18.7 Å². The van der Waals surface area contributed by atoms with Crippen LogP contribution in [-0.2, 0) is 4.74 Å². The summed E-state index contributed by atoms with van der Waals surface area (Å²) in [7, 11) is 1.56. The zero-order chi connectivity index (χ0) is 16.7. The molecule has 2 amide bonds. The summed E-state index contributed by atoms with van der Waals surface area (Å²) in [5.41, 5.74) is 2.27. The van der Waals surface area contributed by atoms with E-state index in [2.05, 4.69) is 15.6 Å². The van der Waals surface area contributed by atoms with Gasteiger partial charge in [-0.05, 0) is 30.7 Å². The summed E-state index contributed by atoms with van der Waals surface area (Å²) < 4.78 is 4.87. The SMILES string of the molecule is COCCNC(=O)c1cc(C(=O)Nc2ccccc2C)ccn1. The second kappa shape index (κ2) is 8.05. The van der Waals surface area contributed by atoms with Crippen molar-refractivity contribution in [1.29, 1.82) is 0 Å². The fourth-order valence-electron chi connectivity index (χ4n) is 1.96. The predicted octanol–water partition coefficient (Wildman–Crippen LogP) is 2.02. The van der Waals surface area contributed by atoms with Crippen LogP contribution in [0.25, 0.3) is 0 Å². The van der Waals surface area contributed by atoms with E-state index in [1.807, 2.05) is 31.2 Å². The number of nitrogens with one attached hydrogen (secondary N) is 2. The number of carbonyl (C=O) groups excluding carboxylic acids is 2. The van der Waals surface area contributed by atoms with Gasteiger partial charge in [-0.25, -0.2) is 0 Å². The Morgan fingerprint density at radius 1 is 1.17 bits per heavy atom. The van der Waals surface area contributed by atoms with Crippen molar-refractivity contribution in [3.63, 3.8) is 0 Å². The standard InChI is InChI=1S/C17H19N3O3/c1-12-5-3-4-6-14(12)20-16(21)13-7-8-18-15(11-13)17(22)19-9-10-23-2/h3-8,11H,9-10H2,1-2H3,(H,19,22)(H,20,21). The lowest BCUT2D eigenvalue weighted by Gasteiger charge is -2.09. The minimum atomic E-state index is -0.340. The molecule has 0 aliphatic heterocycles. The number of ether oxygens (including phenoxy) is 1. The van der Waals surface area contributed by atoms with Crippen molar-refractivity contribution < 1.29 is 14.3 Å². The molecule has 2 rings (SSSR count). The molecule has 0 bridgehead atoms. The van der Waals surface area contributed by atoms with E-state index >= 15 is 0 Å². The second-order valence-electron chi connectivity index (χ2n) is 4.95. The number of aromatic nitrogens is 1. The van der Waals surface area contributed by atoms with Crippen LogP contribution < -0.4 is 10.6 Å². The van der Waals surface area contributed by atoms with Crippen LogP contribution in [0.5, 0.6) is 0 Å². The Balaban J connectivity index is 2.08. The van der Waals surface area contributed by atoms with Gasteiger partial charge in [-0.2, -0.15) is 0 Å². The van der Waals surface area contributed by atoms with Gasteiger partial charge in [0.25, 0.3) is 11.8 Å².